The van der Waals surface area contributed by atoms with E-state index < -0.39 is 18.0 Å². The highest BCUT2D eigenvalue weighted by Crippen LogP contribution is 2.12. The molecule has 2 N–H and O–H groups in total. The number of nitrogens with one attached hydrogen (secondary N) is 2. The lowest BCUT2D eigenvalue weighted by atomic mass is 10.2. The molecule has 0 spiro atoms. The van der Waals surface area contributed by atoms with E-state index in [4.69, 9.17) is 9.47 Å². The Morgan fingerprint density at radius 2 is 1.63 bits per heavy atom. The van der Waals surface area contributed by atoms with E-state index in [9.17, 15) is 14.4 Å². The van der Waals surface area contributed by atoms with Crippen molar-refractivity contribution in [3.8, 4) is 5.75 Å². The van der Waals surface area contributed by atoms with Gasteiger partial charge in [0.05, 0.1) is 12.7 Å². The van der Waals surface area contributed by atoms with E-state index in [0.717, 1.165) is 11.3 Å². The maximum Gasteiger partial charge on any atom is 0.338 e. The van der Waals surface area contributed by atoms with E-state index in [-0.39, 0.29) is 5.91 Å². The summed E-state index contributed by atoms with van der Waals surface area (Å²) in [7, 11) is 1.58. The Balaban J connectivity index is 1.85. The molecule has 1 atom stereocenters. The minimum Gasteiger partial charge on any atom is -0.497 e. The van der Waals surface area contributed by atoms with Gasteiger partial charge < -0.3 is 20.1 Å². The van der Waals surface area contributed by atoms with Crippen molar-refractivity contribution in [2.75, 3.05) is 12.4 Å². The molecule has 142 valence electrons. The molecular weight excluding hydrogens is 348 g/mol. The van der Waals surface area contributed by atoms with E-state index in [1.54, 1.807) is 31.4 Å². The molecule has 0 saturated carbocycles. The lowest BCUT2D eigenvalue weighted by molar-refractivity contribution is -0.129. The molecule has 2 rings (SSSR count). The van der Waals surface area contributed by atoms with Gasteiger partial charge in [-0.05, 0) is 48.9 Å². The standard InChI is InChI=1S/C20H22N2O5/c1-13(19(24)21-12-15-4-10-18(26-3)11-5-15)27-20(25)16-6-8-17(9-7-16)22-14(2)23/h4-11,13H,12H2,1-3H3,(H,21,24)(H,22,23)/t13-/m0/s1. The third-order valence-corrected chi connectivity index (χ3v) is 3.72. The van der Waals surface area contributed by atoms with Gasteiger partial charge in [0.2, 0.25) is 5.91 Å². The van der Waals surface area contributed by atoms with Crippen LogP contribution in [0.2, 0.25) is 0 Å². The molecule has 0 aliphatic carbocycles. The molecule has 0 saturated heterocycles. The van der Waals surface area contributed by atoms with Crippen LogP contribution in [0.15, 0.2) is 48.5 Å². The first-order valence-electron chi connectivity index (χ1n) is 8.38. The predicted octanol–water partition coefficient (Wildman–Crippen LogP) is 2.52. The number of carbonyl (C=O) groups excluding carboxylic acids is 3. The smallest absolute Gasteiger partial charge is 0.338 e. The number of benzene rings is 2. The number of methoxy groups -OCH3 is 1. The molecule has 0 fully saturated rings. The van der Waals surface area contributed by atoms with Crippen molar-refractivity contribution in [1.82, 2.24) is 5.32 Å². The Labute approximate surface area is 157 Å². The minimum absolute atomic E-state index is 0.201. The highest BCUT2D eigenvalue weighted by molar-refractivity contribution is 5.93. The summed E-state index contributed by atoms with van der Waals surface area (Å²) in [6, 6.07) is 13.5. The monoisotopic (exact) mass is 370 g/mol. The van der Waals surface area contributed by atoms with Crippen LogP contribution in [0.5, 0.6) is 5.75 Å². The zero-order valence-corrected chi connectivity index (χ0v) is 15.4. The van der Waals surface area contributed by atoms with Gasteiger partial charge >= 0.3 is 5.97 Å². The lowest BCUT2D eigenvalue weighted by Crippen LogP contribution is -2.35. The molecule has 2 aromatic rings. The highest BCUT2D eigenvalue weighted by Gasteiger charge is 2.18. The number of esters is 1. The van der Waals surface area contributed by atoms with Crippen LogP contribution in [0.4, 0.5) is 5.69 Å². The van der Waals surface area contributed by atoms with E-state index in [1.807, 2.05) is 12.1 Å². The molecule has 7 nitrogen and oxygen atoms in total. The van der Waals surface area contributed by atoms with Crippen LogP contribution in [-0.4, -0.2) is 31.0 Å². The topological polar surface area (TPSA) is 93.7 Å². The molecule has 0 radical (unpaired) electrons. The van der Waals surface area contributed by atoms with Crippen LogP contribution in [0, 0.1) is 0 Å². The van der Waals surface area contributed by atoms with Crippen LogP contribution in [-0.2, 0) is 20.9 Å². The Bertz CT molecular complexity index is 800. The molecule has 0 aromatic heterocycles. The number of carbonyl (C=O) groups is 3. The predicted molar refractivity (Wildman–Crippen MR) is 100 cm³/mol. The van der Waals surface area contributed by atoms with Gasteiger partial charge in [0.1, 0.15) is 5.75 Å². The summed E-state index contributed by atoms with van der Waals surface area (Å²) in [4.78, 5) is 35.3. The fourth-order valence-electron chi connectivity index (χ4n) is 2.25. The van der Waals surface area contributed by atoms with Gasteiger partial charge in [0.15, 0.2) is 6.10 Å². The van der Waals surface area contributed by atoms with Gasteiger partial charge in [0.25, 0.3) is 5.91 Å². The number of hydrogen-bond donors (Lipinski definition) is 2. The quantitative estimate of drug-likeness (QED) is 0.731. The Hall–Kier alpha value is -3.35. The van der Waals surface area contributed by atoms with Crippen molar-refractivity contribution in [2.45, 2.75) is 26.5 Å². The van der Waals surface area contributed by atoms with Gasteiger partial charge in [-0.2, -0.15) is 0 Å². The van der Waals surface area contributed by atoms with Crippen LogP contribution in [0.25, 0.3) is 0 Å². The Morgan fingerprint density at radius 1 is 1.00 bits per heavy atom. The normalized spacial score (nSPS) is 11.2. The van der Waals surface area contributed by atoms with Gasteiger partial charge in [-0.1, -0.05) is 12.1 Å². The summed E-state index contributed by atoms with van der Waals surface area (Å²) in [6.45, 7) is 3.22. The van der Waals surface area contributed by atoms with E-state index >= 15 is 0 Å². The van der Waals surface area contributed by atoms with Crippen molar-refractivity contribution < 1.29 is 23.9 Å². The van der Waals surface area contributed by atoms with Crippen molar-refractivity contribution >= 4 is 23.5 Å². The maximum atomic E-state index is 12.1. The molecule has 2 aromatic carbocycles. The molecule has 0 aliphatic rings. The van der Waals surface area contributed by atoms with Gasteiger partial charge in [-0.15, -0.1) is 0 Å². The average molecular weight is 370 g/mol. The van der Waals surface area contributed by atoms with E-state index in [2.05, 4.69) is 10.6 Å². The Morgan fingerprint density at radius 3 is 2.19 bits per heavy atom. The third kappa shape index (κ3) is 6.14. The first kappa shape index (κ1) is 20.0. The van der Waals surface area contributed by atoms with Crippen LogP contribution >= 0.6 is 0 Å². The zero-order chi connectivity index (χ0) is 19.8. The number of ether oxygens (including phenoxy) is 2. The molecule has 27 heavy (non-hydrogen) atoms. The number of anilines is 1. The third-order valence-electron chi connectivity index (χ3n) is 3.72. The lowest BCUT2D eigenvalue weighted by Gasteiger charge is -2.14. The summed E-state index contributed by atoms with van der Waals surface area (Å²) in [5, 5.41) is 5.33. The van der Waals surface area contributed by atoms with Gasteiger partial charge in [-0.3, -0.25) is 9.59 Å². The van der Waals surface area contributed by atoms with E-state index in [1.165, 1.54) is 26.0 Å². The largest absolute Gasteiger partial charge is 0.497 e. The minimum atomic E-state index is -0.939. The van der Waals surface area contributed by atoms with Crippen molar-refractivity contribution in [3.05, 3.63) is 59.7 Å². The molecule has 0 unspecified atom stereocenters. The van der Waals surface area contributed by atoms with Gasteiger partial charge in [0, 0.05) is 19.2 Å². The summed E-state index contributed by atoms with van der Waals surface area (Å²) >= 11 is 0. The molecule has 0 bridgehead atoms. The van der Waals surface area contributed by atoms with Gasteiger partial charge in [-0.25, -0.2) is 4.79 Å². The number of amides is 2. The second kappa shape index (κ2) is 9.38. The van der Waals surface area contributed by atoms with Crippen LogP contribution < -0.4 is 15.4 Å². The summed E-state index contributed by atoms with van der Waals surface area (Å²) < 4.78 is 10.3. The van der Waals surface area contributed by atoms with Crippen molar-refractivity contribution in [1.29, 1.82) is 0 Å². The first-order valence-corrected chi connectivity index (χ1v) is 8.38. The Kier molecular flexibility index (Phi) is 6.93. The average Bonchev–Trinajstić information content (AvgIpc) is 2.66. The fourth-order valence-corrected chi connectivity index (χ4v) is 2.25. The SMILES string of the molecule is COc1ccc(CNC(=O)[C@H](C)OC(=O)c2ccc(NC(C)=O)cc2)cc1. The molecule has 7 heteroatoms. The summed E-state index contributed by atoms with van der Waals surface area (Å²) in [5.41, 5.74) is 1.76. The van der Waals surface area contributed by atoms with Crippen molar-refractivity contribution in [2.24, 2.45) is 0 Å². The molecular formula is C20H22N2O5. The highest BCUT2D eigenvalue weighted by atomic mass is 16.5. The molecule has 0 heterocycles. The number of rotatable bonds is 7. The van der Waals surface area contributed by atoms with Crippen LogP contribution in [0.3, 0.4) is 0 Å². The second-order valence-electron chi connectivity index (χ2n) is 5.87. The first-order chi connectivity index (χ1) is 12.9. The summed E-state index contributed by atoms with van der Waals surface area (Å²) in [5.74, 6) is -0.477. The van der Waals surface area contributed by atoms with E-state index in [0.29, 0.717) is 17.8 Å². The second-order valence-corrected chi connectivity index (χ2v) is 5.87. The fraction of sp³-hybridized carbons (Fsp3) is 0.250. The molecule has 0 aliphatic heterocycles. The zero-order valence-electron chi connectivity index (χ0n) is 15.4. The molecule has 2 amide bonds. The number of hydrogen-bond acceptors (Lipinski definition) is 5. The summed E-state index contributed by atoms with van der Waals surface area (Å²) in [6.07, 6.45) is -0.939. The van der Waals surface area contributed by atoms with Crippen LogP contribution in [0.1, 0.15) is 29.8 Å². The maximum absolute atomic E-state index is 12.1. The van der Waals surface area contributed by atoms with Crippen molar-refractivity contribution in [3.63, 3.8) is 0 Å².